The third-order valence-corrected chi connectivity index (χ3v) is 1.79. The monoisotopic (exact) mass is 138 g/mol. The maximum Gasteiger partial charge on any atom is -0.00209 e. The summed E-state index contributed by atoms with van der Waals surface area (Å²) in [5.74, 6) is 0. The molecule has 0 saturated carbocycles. The molecular weight excluding hydrogens is 128 g/mol. The highest BCUT2D eigenvalue weighted by molar-refractivity contribution is 7.08. The molecule has 1 heteroatoms. The molecule has 0 atom stereocenters. The summed E-state index contributed by atoms with van der Waals surface area (Å²) in [6.07, 6.45) is 5.44. The highest BCUT2D eigenvalue weighted by Crippen LogP contribution is 2.07. The van der Waals surface area contributed by atoms with Gasteiger partial charge in [0, 0.05) is 0 Å². The van der Waals surface area contributed by atoms with Gasteiger partial charge in [-0.25, -0.2) is 0 Å². The Kier molecular flexibility index (Phi) is 2.52. The van der Waals surface area contributed by atoms with Crippen molar-refractivity contribution in [1.82, 2.24) is 0 Å². The normalized spacial score (nSPS) is 10.8. The van der Waals surface area contributed by atoms with Crippen LogP contribution in [0.2, 0.25) is 0 Å². The van der Waals surface area contributed by atoms with Crippen LogP contribution in [-0.2, 0) is 0 Å². The Hall–Kier alpha value is -0.560. The van der Waals surface area contributed by atoms with E-state index in [1.165, 1.54) is 5.56 Å². The molecule has 1 heterocycles. The molecule has 0 amide bonds. The zero-order chi connectivity index (χ0) is 6.53. The lowest BCUT2D eigenvalue weighted by Crippen LogP contribution is -1.57. The van der Waals surface area contributed by atoms with Crippen molar-refractivity contribution in [3.05, 3.63) is 28.5 Å². The molecule has 1 aromatic rings. The minimum absolute atomic E-state index is 1.12. The van der Waals surface area contributed by atoms with Gasteiger partial charge in [-0.1, -0.05) is 19.1 Å². The van der Waals surface area contributed by atoms with Gasteiger partial charge in [-0.2, -0.15) is 11.3 Å². The number of rotatable bonds is 2. The second kappa shape index (κ2) is 3.46. The summed E-state index contributed by atoms with van der Waals surface area (Å²) in [6.45, 7) is 2.14. The van der Waals surface area contributed by atoms with Crippen LogP contribution in [0.15, 0.2) is 22.9 Å². The molecule has 0 unspecified atom stereocenters. The second-order valence-corrected chi connectivity index (χ2v) is 2.65. The van der Waals surface area contributed by atoms with Gasteiger partial charge in [-0.05, 0) is 28.8 Å². The van der Waals surface area contributed by atoms with Gasteiger partial charge in [0.15, 0.2) is 0 Å². The number of hydrogen-bond donors (Lipinski definition) is 0. The maximum absolute atomic E-state index is 2.17. The fourth-order valence-corrected chi connectivity index (χ4v) is 1.25. The smallest absolute Gasteiger partial charge is 0.00209 e. The fraction of sp³-hybridized carbons (Fsp3) is 0.250. The molecule has 0 aliphatic heterocycles. The van der Waals surface area contributed by atoms with Gasteiger partial charge in [0.05, 0.1) is 0 Å². The van der Waals surface area contributed by atoms with Crippen molar-refractivity contribution >= 4 is 17.4 Å². The van der Waals surface area contributed by atoms with Crippen LogP contribution in [0.25, 0.3) is 6.08 Å². The van der Waals surface area contributed by atoms with Crippen molar-refractivity contribution in [1.29, 1.82) is 0 Å². The Morgan fingerprint density at radius 2 is 2.56 bits per heavy atom. The Balaban J connectivity index is 2.57. The molecule has 0 bridgehead atoms. The van der Waals surface area contributed by atoms with Crippen LogP contribution < -0.4 is 0 Å². The zero-order valence-corrected chi connectivity index (χ0v) is 6.32. The summed E-state index contributed by atoms with van der Waals surface area (Å²) in [4.78, 5) is 0. The van der Waals surface area contributed by atoms with E-state index in [1.807, 2.05) is 0 Å². The molecule has 0 N–H and O–H groups in total. The Bertz CT molecular complexity index is 172. The second-order valence-electron chi connectivity index (χ2n) is 1.87. The van der Waals surface area contributed by atoms with Crippen molar-refractivity contribution in [2.24, 2.45) is 0 Å². The molecule has 0 spiro atoms. The van der Waals surface area contributed by atoms with Crippen LogP contribution in [0.1, 0.15) is 18.9 Å². The molecule has 0 nitrogen and oxygen atoms in total. The van der Waals surface area contributed by atoms with Crippen LogP contribution >= 0.6 is 11.3 Å². The van der Waals surface area contributed by atoms with Gasteiger partial charge < -0.3 is 0 Å². The van der Waals surface area contributed by atoms with E-state index in [-0.39, 0.29) is 0 Å². The van der Waals surface area contributed by atoms with Crippen LogP contribution in [0.4, 0.5) is 0 Å². The third-order valence-electron chi connectivity index (χ3n) is 1.09. The van der Waals surface area contributed by atoms with E-state index in [0.717, 1.165) is 6.42 Å². The molecule has 1 aromatic heterocycles. The predicted octanol–water partition coefficient (Wildman–Crippen LogP) is 3.17. The van der Waals surface area contributed by atoms with Crippen molar-refractivity contribution in [2.75, 3.05) is 0 Å². The minimum atomic E-state index is 1.12. The zero-order valence-electron chi connectivity index (χ0n) is 5.50. The summed E-state index contributed by atoms with van der Waals surface area (Å²) in [5.41, 5.74) is 1.32. The Morgan fingerprint density at radius 1 is 1.67 bits per heavy atom. The molecule has 1 rings (SSSR count). The van der Waals surface area contributed by atoms with Crippen molar-refractivity contribution in [3.8, 4) is 0 Å². The molecule has 0 saturated heterocycles. The van der Waals surface area contributed by atoms with Gasteiger partial charge in [0.25, 0.3) is 0 Å². The topological polar surface area (TPSA) is 0 Å². The quantitative estimate of drug-likeness (QED) is 0.589. The maximum atomic E-state index is 2.17. The summed E-state index contributed by atoms with van der Waals surface area (Å²) >= 11 is 1.74. The largest absolute Gasteiger partial charge is 0.152 e. The van der Waals surface area contributed by atoms with Gasteiger partial charge in [0.2, 0.25) is 0 Å². The molecule has 0 radical (unpaired) electrons. The fourth-order valence-electron chi connectivity index (χ4n) is 0.624. The summed E-state index contributed by atoms with van der Waals surface area (Å²) < 4.78 is 0. The average Bonchev–Trinajstić information content (AvgIpc) is 2.34. The minimum Gasteiger partial charge on any atom is -0.152 e. The van der Waals surface area contributed by atoms with E-state index < -0.39 is 0 Å². The SMILES string of the molecule is CCC=Cc1ccsc1. The van der Waals surface area contributed by atoms with Gasteiger partial charge in [-0.15, -0.1) is 0 Å². The van der Waals surface area contributed by atoms with Crippen molar-refractivity contribution in [2.45, 2.75) is 13.3 Å². The first-order valence-electron chi connectivity index (χ1n) is 3.12. The number of thiophene rings is 1. The summed E-state index contributed by atoms with van der Waals surface area (Å²) in [5, 5.41) is 4.24. The Morgan fingerprint density at radius 3 is 3.11 bits per heavy atom. The van der Waals surface area contributed by atoms with Crippen LogP contribution in [0.3, 0.4) is 0 Å². The standard InChI is InChI=1S/C8H10S/c1-2-3-4-8-5-6-9-7-8/h3-7H,2H2,1H3. The van der Waals surface area contributed by atoms with Crippen molar-refractivity contribution < 1.29 is 0 Å². The number of allylic oxidation sites excluding steroid dienone is 1. The van der Waals surface area contributed by atoms with E-state index in [2.05, 4.69) is 35.9 Å². The summed E-state index contributed by atoms with van der Waals surface area (Å²) in [6, 6.07) is 2.12. The first-order valence-corrected chi connectivity index (χ1v) is 4.06. The van der Waals surface area contributed by atoms with E-state index in [4.69, 9.17) is 0 Å². The third kappa shape index (κ3) is 2.02. The molecule has 48 valence electrons. The lowest BCUT2D eigenvalue weighted by Gasteiger charge is -1.78. The van der Waals surface area contributed by atoms with E-state index in [1.54, 1.807) is 11.3 Å². The molecule has 9 heavy (non-hydrogen) atoms. The molecular formula is C8H10S. The first kappa shape index (κ1) is 6.56. The summed E-state index contributed by atoms with van der Waals surface area (Å²) in [7, 11) is 0. The lowest BCUT2D eigenvalue weighted by molar-refractivity contribution is 1.23. The van der Waals surface area contributed by atoms with Crippen LogP contribution in [0, 0.1) is 0 Å². The van der Waals surface area contributed by atoms with E-state index in [9.17, 15) is 0 Å². The predicted molar refractivity (Wildman–Crippen MR) is 43.6 cm³/mol. The molecule has 0 aromatic carbocycles. The molecule has 0 aliphatic rings. The van der Waals surface area contributed by atoms with Gasteiger partial charge in [0.1, 0.15) is 0 Å². The van der Waals surface area contributed by atoms with Crippen LogP contribution in [-0.4, -0.2) is 0 Å². The molecule has 0 fully saturated rings. The van der Waals surface area contributed by atoms with Gasteiger partial charge in [-0.3, -0.25) is 0 Å². The Labute approximate surface area is 59.8 Å². The van der Waals surface area contributed by atoms with Gasteiger partial charge >= 0.3 is 0 Å². The van der Waals surface area contributed by atoms with Crippen molar-refractivity contribution in [3.63, 3.8) is 0 Å². The van der Waals surface area contributed by atoms with E-state index >= 15 is 0 Å². The highest BCUT2D eigenvalue weighted by Gasteiger charge is 1.81. The van der Waals surface area contributed by atoms with Crippen LogP contribution in [0.5, 0.6) is 0 Å². The number of hydrogen-bond acceptors (Lipinski definition) is 1. The van der Waals surface area contributed by atoms with E-state index in [0.29, 0.717) is 0 Å². The molecule has 0 aliphatic carbocycles. The first-order chi connectivity index (χ1) is 4.43. The lowest BCUT2D eigenvalue weighted by atomic mass is 10.3. The highest BCUT2D eigenvalue weighted by atomic mass is 32.1. The average molecular weight is 138 g/mol.